The Morgan fingerprint density at radius 2 is 2.26 bits per heavy atom. The highest BCUT2D eigenvalue weighted by molar-refractivity contribution is 6.30. The molecule has 0 aliphatic heterocycles. The fourth-order valence-corrected chi connectivity index (χ4v) is 2.02. The number of rotatable bonds is 4. The van der Waals surface area contributed by atoms with E-state index in [1.165, 1.54) is 18.2 Å². The Morgan fingerprint density at radius 3 is 2.79 bits per heavy atom. The first-order chi connectivity index (χ1) is 8.99. The molecule has 19 heavy (non-hydrogen) atoms. The average Bonchev–Trinajstić information content (AvgIpc) is 3.20. The molecule has 102 valence electrons. The summed E-state index contributed by atoms with van der Waals surface area (Å²) in [7, 11) is 0. The third-order valence-corrected chi connectivity index (χ3v) is 3.51. The fraction of sp³-hybridized carbons (Fsp3) is 0.333. The van der Waals surface area contributed by atoms with Crippen LogP contribution in [0.15, 0.2) is 23.4 Å². The number of oxime groups is 1. The van der Waals surface area contributed by atoms with Gasteiger partial charge in [-0.1, -0.05) is 22.8 Å². The highest BCUT2D eigenvalue weighted by Crippen LogP contribution is 2.46. The number of nitrogens with two attached hydrogens (primary N) is 1. The normalized spacial score (nSPS) is 17.1. The van der Waals surface area contributed by atoms with Gasteiger partial charge in [-0.15, -0.1) is 0 Å². The minimum absolute atomic E-state index is 0.00400. The molecule has 2 rings (SSSR count). The first-order valence-corrected chi connectivity index (χ1v) is 6.07. The monoisotopic (exact) mass is 285 g/mol. The summed E-state index contributed by atoms with van der Waals surface area (Å²) in [5.74, 6) is -0.891. The van der Waals surface area contributed by atoms with Crippen molar-refractivity contribution < 1.29 is 14.4 Å². The second-order valence-electron chi connectivity index (χ2n) is 4.50. The van der Waals surface area contributed by atoms with E-state index in [1.54, 1.807) is 0 Å². The molecule has 0 radical (unpaired) electrons. The SMILES string of the molecule is N/C(=N/O)C1(C(=O)NCc2ccc(F)c(Cl)c2)CC1. The van der Waals surface area contributed by atoms with Crippen LogP contribution in [0.4, 0.5) is 4.39 Å². The highest BCUT2D eigenvalue weighted by atomic mass is 35.5. The Kier molecular flexibility index (Phi) is 3.61. The van der Waals surface area contributed by atoms with Crippen molar-refractivity contribution in [3.63, 3.8) is 0 Å². The topological polar surface area (TPSA) is 87.7 Å². The van der Waals surface area contributed by atoms with Crippen molar-refractivity contribution in [1.82, 2.24) is 5.32 Å². The fourth-order valence-electron chi connectivity index (χ4n) is 1.82. The summed E-state index contributed by atoms with van der Waals surface area (Å²) in [4.78, 5) is 12.0. The lowest BCUT2D eigenvalue weighted by Crippen LogP contribution is -2.40. The molecule has 4 N–H and O–H groups in total. The van der Waals surface area contributed by atoms with E-state index in [2.05, 4.69) is 10.5 Å². The van der Waals surface area contributed by atoms with Crippen molar-refractivity contribution in [2.24, 2.45) is 16.3 Å². The predicted octanol–water partition coefficient (Wildman–Crippen LogP) is 1.62. The summed E-state index contributed by atoms with van der Waals surface area (Å²) in [6, 6.07) is 4.21. The number of hydrogen-bond acceptors (Lipinski definition) is 3. The Bertz CT molecular complexity index is 544. The summed E-state index contributed by atoms with van der Waals surface area (Å²) in [6.45, 7) is 0.208. The van der Waals surface area contributed by atoms with E-state index >= 15 is 0 Å². The van der Waals surface area contributed by atoms with E-state index in [4.69, 9.17) is 22.5 Å². The van der Waals surface area contributed by atoms with Gasteiger partial charge in [0.2, 0.25) is 5.91 Å². The van der Waals surface area contributed by atoms with Crippen molar-refractivity contribution in [2.75, 3.05) is 0 Å². The molecule has 0 bridgehead atoms. The lowest BCUT2D eigenvalue weighted by molar-refractivity contribution is -0.124. The number of halogens is 2. The van der Waals surface area contributed by atoms with Crippen LogP contribution >= 0.6 is 11.6 Å². The van der Waals surface area contributed by atoms with Gasteiger partial charge in [-0.3, -0.25) is 4.79 Å². The van der Waals surface area contributed by atoms with Crippen molar-refractivity contribution in [3.8, 4) is 0 Å². The van der Waals surface area contributed by atoms with Crippen molar-refractivity contribution in [3.05, 3.63) is 34.6 Å². The number of carbonyl (C=O) groups excluding carboxylic acids is 1. The van der Waals surface area contributed by atoms with Gasteiger partial charge in [-0.05, 0) is 30.5 Å². The maximum Gasteiger partial charge on any atom is 0.234 e. The zero-order valence-corrected chi connectivity index (χ0v) is 10.7. The molecule has 1 amide bonds. The molecular formula is C12H13ClFN3O2. The van der Waals surface area contributed by atoms with Crippen LogP contribution < -0.4 is 11.1 Å². The van der Waals surface area contributed by atoms with Crippen LogP contribution in [0.25, 0.3) is 0 Å². The molecule has 0 atom stereocenters. The molecule has 0 heterocycles. The van der Waals surface area contributed by atoms with Gasteiger partial charge in [0.25, 0.3) is 0 Å². The van der Waals surface area contributed by atoms with E-state index in [-0.39, 0.29) is 23.3 Å². The van der Waals surface area contributed by atoms with Gasteiger partial charge in [0.15, 0.2) is 5.84 Å². The standard InChI is InChI=1S/C12H13ClFN3O2/c13-8-5-7(1-2-9(8)14)6-16-11(18)12(3-4-12)10(15)17-19/h1-2,5,19H,3-4,6H2,(H2,15,17)(H,16,18). The summed E-state index contributed by atoms with van der Waals surface area (Å²) < 4.78 is 13.0. The maximum absolute atomic E-state index is 13.0. The number of nitrogens with zero attached hydrogens (tertiary/aromatic N) is 1. The lowest BCUT2D eigenvalue weighted by atomic mass is 10.1. The van der Waals surface area contributed by atoms with Crippen molar-refractivity contribution in [2.45, 2.75) is 19.4 Å². The predicted molar refractivity (Wildman–Crippen MR) is 68.3 cm³/mol. The molecule has 7 heteroatoms. The largest absolute Gasteiger partial charge is 0.409 e. The number of nitrogens with one attached hydrogen (secondary N) is 1. The summed E-state index contributed by atoms with van der Waals surface area (Å²) in [5.41, 5.74) is 5.28. The van der Waals surface area contributed by atoms with E-state index in [1.807, 2.05) is 0 Å². The maximum atomic E-state index is 13.0. The van der Waals surface area contributed by atoms with E-state index in [0.29, 0.717) is 18.4 Å². The average molecular weight is 286 g/mol. The minimum Gasteiger partial charge on any atom is -0.409 e. The molecule has 0 saturated heterocycles. The molecule has 0 unspecified atom stereocenters. The Hall–Kier alpha value is -1.82. The highest BCUT2D eigenvalue weighted by Gasteiger charge is 2.54. The van der Waals surface area contributed by atoms with Crippen LogP contribution in [0.3, 0.4) is 0 Å². The first kappa shape index (κ1) is 13.6. The van der Waals surface area contributed by atoms with Gasteiger partial charge in [-0.25, -0.2) is 4.39 Å². The zero-order chi connectivity index (χ0) is 14.0. The van der Waals surface area contributed by atoms with Gasteiger partial charge in [0, 0.05) is 6.54 Å². The van der Waals surface area contributed by atoms with E-state index < -0.39 is 11.2 Å². The molecule has 1 aromatic rings. The second-order valence-corrected chi connectivity index (χ2v) is 4.91. The van der Waals surface area contributed by atoms with Gasteiger partial charge in [0.05, 0.1) is 5.02 Å². The van der Waals surface area contributed by atoms with E-state index in [0.717, 1.165) is 0 Å². The number of carbonyl (C=O) groups is 1. The lowest BCUT2D eigenvalue weighted by Gasteiger charge is -2.13. The van der Waals surface area contributed by atoms with Crippen LogP contribution in [0.5, 0.6) is 0 Å². The first-order valence-electron chi connectivity index (χ1n) is 5.70. The number of amides is 1. The minimum atomic E-state index is -0.890. The molecule has 5 nitrogen and oxygen atoms in total. The summed E-state index contributed by atoms with van der Waals surface area (Å²) in [6.07, 6.45) is 1.11. The Balaban J connectivity index is 1.99. The molecule has 1 fully saturated rings. The Morgan fingerprint density at radius 1 is 1.58 bits per heavy atom. The number of hydrogen-bond donors (Lipinski definition) is 3. The third kappa shape index (κ3) is 2.63. The van der Waals surface area contributed by atoms with Gasteiger partial charge < -0.3 is 16.3 Å². The third-order valence-electron chi connectivity index (χ3n) is 3.22. The van der Waals surface area contributed by atoms with Crippen LogP contribution in [-0.4, -0.2) is 17.0 Å². The van der Waals surface area contributed by atoms with Crippen LogP contribution in [0.2, 0.25) is 5.02 Å². The quantitative estimate of drug-likeness (QED) is 0.340. The molecule has 0 aromatic heterocycles. The van der Waals surface area contributed by atoms with Gasteiger partial charge in [0.1, 0.15) is 11.2 Å². The Labute approximate surface area is 114 Å². The van der Waals surface area contributed by atoms with Crippen molar-refractivity contribution >= 4 is 23.3 Å². The second kappa shape index (κ2) is 5.05. The number of benzene rings is 1. The van der Waals surface area contributed by atoms with Crippen LogP contribution in [0, 0.1) is 11.2 Å². The molecule has 1 aromatic carbocycles. The van der Waals surface area contributed by atoms with Gasteiger partial charge in [-0.2, -0.15) is 0 Å². The van der Waals surface area contributed by atoms with Crippen LogP contribution in [0.1, 0.15) is 18.4 Å². The molecular weight excluding hydrogens is 273 g/mol. The molecule has 1 aliphatic rings. The number of amidine groups is 1. The molecule has 0 spiro atoms. The molecule has 1 saturated carbocycles. The molecule has 1 aliphatic carbocycles. The summed E-state index contributed by atoms with van der Waals surface area (Å²) >= 11 is 5.64. The zero-order valence-electron chi connectivity index (χ0n) is 9.99. The van der Waals surface area contributed by atoms with Gasteiger partial charge >= 0.3 is 0 Å². The van der Waals surface area contributed by atoms with Crippen molar-refractivity contribution in [1.29, 1.82) is 0 Å². The smallest absolute Gasteiger partial charge is 0.234 e. The van der Waals surface area contributed by atoms with E-state index in [9.17, 15) is 9.18 Å². The summed E-state index contributed by atoms with van der Waals surface area (Å²) in [5, 5.41) is 14.2. The van der Waals surface area contributed by atoms with Crippen LogP contribution in [-0.2, 0) is 11.3 Å².